The third-order valence-electron chi connectivity index (χ3n) is 5.96. The summed E-state index contributed by atoms with van der Waals surface area (Å²) in [6.07, 6.45) is 0.310. The number of fused-ring (bicyclic) bond motifs is 1. The number of benzene rings is 2. The molecule has 2 heterocycles. The molecule has 0 bridgehead atoms. The van der Waals surface area contributed by atoms with Crippen molar-refractivity contribution in [2.45, 2.75) is 38.3 Å². The van der Waals surface area contributed by atoms with Gasteiger partial charge in [-0.15, -0.1) is 0 Å². The van der Waals surface area contributed by atoms with Gasteiger partial charge in [0.25, 0.3) is 5.91 Å². The van der Waals surface area contributed by atoms with Crippen molar-refractivity contribution in [1.29, 1.82) is 0 Å². The van der Waals surface area contributed by atoms with E-state index in [0.717, 1.165) is 4.90 Å². The van der Waals surface area contributed by atoms with Crippen LogP contribution in [0.5, 0.6) is 0 Å². The molecule has 2 N–H and O–H groups in total. The molecule has 5 amide bonds. The van der Waals surface area contributed by atoms with Gasteiger partial charge in [0.2, 0.25) is 11.8 Å². The zero-order valence-electron chi connectivity index (χ0n) is 17.7. The van der Waals surface area contributed by atoms with Gasteiger partial charge in [-0.3, -0.25) is 19.3 Å². The van der Waals surface area contributed by atoms with E-state index in [2.05, 4.69) is 10.6 Å². The SMILES string of the molecule is CC[C@]1(c2ccc(F)cc2)NC(=O)N(CC(=O)N2c3ccccc3NC(=O)C[C@H]2C)C1=O. The molecule has 0 unspecified atom stereocenters. The van der Waals surface area contributed by atoms with Gasteiger partial charge in [0.15, 0.2) is 0 Å². The lowest BCUT2D eigenvalue weighted by Crippen LogP contribution is -2.48. The summed E-state index contributed by atoms with van der Waals surface area (Å²) in [5.74, 6) is -1.75. The molecule has 0 aromatic heterocycles. The van der Waals surface area contributed by atoms with Crippen LogP contribution in [0.25, 0.3) is 0 Å². The third kappa shape index (κ3) is 3.49. The van der Waals surface area contributed by atoms with E-state index in [-0.39, 0.29) is 18.7 Å². The minimum absolute atomic E-state index is 0.0784. The molecule has 0 spiro atoms. The highest BCUT2D eigenvalue weighted by atomic mass is 19.1. The summed E-state index contributed by atoms with van der Waals surface area (Å²) in [5, 5.41) is 5.46. The van der Waals surface area contributed by atoms with Crippen LogP contribution in [0, 0.1) is 5.82 Å². The molecule has 32 heavy (non-hydrogen) atoms. The minimum atomic E-state index is -1.37. The molecular weight excluding hydrogens is 415 g/mol. The van der Waals surface area contributed by atoms with Crippen molar-refractivity contribution >= 4 is 35.1 Å². The average molecular weight is 438 g/mol. The lowest BCUT2D eigenvalue weighted by Gasteiger charge is -2.29. The standard InChI is InChI=1S/C23H23FN4O4/c1-3-23(15-8-10-16(24)11-9-15)21(31)27(22(32)26-23)13-20(30)28-14(2)12-19(29)25-17-6-4-5-7-18(17)28/h4-11,14H,3,12-13H2,1-2H3,(H,25,29)(H,26,32)/t14-,23-/m1/s1. The monoisotopic (exact) mass is 438 g/mol. The quantitative estimate of drug-likeness (QED) is 0.717. The number of nitrogens with one attached hydrogen (secondary N) is 2. The van der Waals surface area contributed by atoms with Crippen LogP contribution in [0.15, 0.2) is 48.5 Å². The third-order valence-corrected chi connectivity index (χ3v) is 5.96. The molecule has 8 nitrogen and oxygen atoms in total. The first-order chi connectivity index (χ1) is 15.3. The van der Waals surface area contributed by atoms with E-state index in [1.807, 2.05) is 0 Å². The van der Waals surface area contributed by atoms with Crippen LogP contribution < -0.4 is 15.5 Å². The number of nitrogens with zero attached hydrogens (tertiary/aromatic N) is 2. The van der Waals surface area contributed by atoms with Crippen molar-refractivity contribution in [2.24, 2.45) is 0 Å². The fourth-order valence-corrected chi connectivity index (χ4v) is 4.32. The van der Waals surface area contributed by atoms with Gasteiger partial charge in [-0.2, -0.15) is 0 Å². The molecule has 0 saturated carbocycles. The first-order valence-electron chi connectivity index (χ1n) is 10.4. The van der Waals surface area contributed by atoms with Crippen LogP contribution >= 0.6 is 0 Å². The van der Waals surface area contributed by atoms with Crippen molar-refractivity contribution in [3.63, 3.8) is 0 Å². The highest BCUT2D eigenvalue weighted by Gasteiger charge is 2.52. The summed E-state index contributed by atoms with van der Waals surface area (Å²) in [6.45, 7) is 2.98. The first-order valence-corrected chi connectivity index (χ1v) is 10.4. The number of hydrogen-bond donors (Lipinski definition) is 2. The summed E-state index contributed by atoms with van der Waals surface area (Å²) >= 11 is 0. The zero-order valence-corrected chi connectivity index (χ0v) is 17.7. The number of urea groups is 1. The molecule has 9 heteroatoms. The molecule has 1 saturated heterocycles. The number of anilines is 2. The Bertz CT molecular complexity index is 1100. The van der Waals surface area contributed by atoms with Crippen LogP contribution in [0.4, 0.5) is 20.6 Å². The molecule has 2 aromatic rings. The summed E-state index contributed by atoms with van der Waals surface area (Å²) in [4.78, 5) is 53.9. The van der Waals surface area contributed by atoms with Gasteiger partial charge < -0.3 is 15.5 Å². The Balaban J connectivity index is 1.63. The second-order valence-corrected chi connectivity index (χ2v) is 7.97. The van der Waals surface area contributed by atoms with Gasteiger partial charge in [0.1, 0.15) is 17.9 Å². The number of rotatable bonds is 4. The molecule has 0 aliphatic carbocycles. The lowest BCUT2D eigenvalue weighted by molar-refractivity contribution is -0.135. The number of halogens is 1. The largest absolute Gasteiger partial charge is 0.325 e. The van der Waals surface area contributed by atoms with E-state index in [9.17, 15) is 23.6 Å². The van der Waals surface area contributed by atoms with Gasteiger partial charge in [0, 0.05) is 12.5 Å². The molecular formula is C23H23FN4O4. The van der Waals surface area contributed by atoms with Gasteiger partial charge in [-0.1, -0.05) is 31.2 Å². The Morgan fingerprint density at radius 1 is 1.12 bits per heavy atom. The van der Waals surface area contributed by atoms with Crippen LogP contribution in [0.2, 0.25) is 0 Å². The van der Waals surface area contributed by atoms with Crippen molar-refractivity contribution in [1.82, 2.24) is 10.2 Å². The zero-order chi connectivity index (χ0) is 23.0. The Morgan fingerprint density at radius 2 is 1.81 bits per heavy atom. The number of para-hydroxylation sites is 2. The summed E-state index contributed by atoms with van der Waals surface area (Å²) in [7, 11) is 0. The molecule has 1 fully saturated rings. The molecule has 4 rings (SSSR count). The summed E-state index contributed by atoms with van der Waals surface area (Å²) < 4.78 is 13.4. The normalized spacial score (nSPS) is 22.8. The lowest BCUT2D eigenvalue weighted by atomic mass is 9.87. The maximum atomic E-state index is 13.4. The van der Waals surface area contributed by atoms with Gasteiger partial charge in [-0.05, 0) is 43.2 Å². The van der Waals surface area contributed by atoms with Crippen molar-refractivity contribution < 1.29 is 23.6 Å². The number of carbonyl (C=O) groups is 4. The molecule has 0 radical (unpaired) electrons. The summed E-state index contributed by atoms with van der Waals surface area (Å²) in [5.41, 5.74) is 0.0630. The van der Waals surface area contributed by atoms with Gasteiger partial charge in [0.05, 0.1) is 11.4 Å². The van der Waals surface area contributed by atoms with Crippen molar-refractivity contribution in [3.05, 3.63) is 59.9 Å². The predicted octanol–water partition coefficient (Wildman–Crippen LogP) is 2.75. The molecule has 2 aromatic carbocycles. The van der Waals surface area contributed by atoms with Gasteiger partial charge in [-0.25, -0.2) is 9.18 Å². The Hall–Kier alpha value is -3.75. The van der Waals surface area contributed by atoms with Crippen molar-refractivity contribution in [3.8, 4) is 0 Å². The minimum Gasteiger partial charge on any atom is -0.324 e. The molecule has 2 atom stereocenters. The van der Waals surface area contributed by atoms with Gasteiger partial charge >= 0.3 is 6.03 Å². The Morgan fingerprint density at radius 3 is 2.50 bits per heavy atom. The molecule has 2 aliphatic rings. The Labute approximate surface area is 184 Å². The second kappa shape index (κ2) is 8.07. The first kappa shape index (κ1) is 21.5. The Kier molecular flexibility index (Phi) is 5.41. The van der Waals surface area contributed by atoms with Crippen LogP contribution in [0.3, 0.4) is 0 Å². The maximum absolute atomic E-state index is 13.4. The van der Waals surface area contributed by atoms with Crippen LogP contribution in [0.1, 0.15) is 32.3 Å². The smallest absolute Gasteiger partial charge is 0.324 e. The number of imide groups is 1. The fourth-order valence-electron chi connectivity index (χ4n) is 4.32. The van der Waals surface area contributed by atoms with E-state index in [0.29, 0.717) is 16.9 Å². The van der Waals surface area contributed by atoms with E-state index in [1.165, 1.54) is 29.2 Å². The average Bonchev–Trinajstić information content (AvgIpc) is 2.92. The van der Waals surface area contributed by atoms with E-state index < -0.39 is 41.8 Å². The highest BCUT2D eigenvalue weighted by molar-refractivity contribution is 6.12. The van der Waals surface area contributed by atoms with Crippen molar-refractivity contribution in [2.75, 3.05) is 16.8 Å². The van der Waals surface area contributed by atoms with Crippen LogP contribution in [-0.2, 0) is 19.9 Å². The number of carbonyl (C=O) groups excluding carboxylic acids is 4. The molecule has 2 aliphatic heterocycles. The predicted molar refractivity (Wildman–Crippen MR) is 115 cm³/mol. The van der Waals surface area contributed by atoms with Crippen LogP contribution in [-0.4, -0.2) is 41.2 Å². The highest BCUT2D eigenvalue weighted by Crippen LogP contribution is 2.34. The topological polar surface area (TPSA) is 98.8 Å². The number of amides is 5. The van der Waals surface area contributed by atoms with E-state index in [4.69, 9.17) is 0 Å². The molecule has 166 valence electrons. The van der Waals surface area contributed by atoms with E-state index >= 15 is 0 Å². The maximum Gasteiger partial charge on any atom is 0.325 e. The summed E-state index contributed by atoms with van der Waals surface area (Å²) in [6, 6.07) is 11.1. The van der Waals surface area contributed by atoms with E-state index in [1.54, 1.807) is 38.1 Å². The second-order valence-electron chi connectivity index (χ2n) is 7.97. The fraction of sp³-hybridized carbons (Fsp3) is 0.304. The number of hydrogen-bond acceptors (Lipinski definition) is 4.